The van der Waals surface area contributed by atoms with Crippen LogP contribution in [0.4, 0.5) is 5.69 Å². The number of hydrogen-bond acceptors (Lipinski definition) is 6. The highest BCUT2D eigenvalue weighted by Crippen LogP contribution is 2.29. The van der Waals surface area contributed by atoms with Gasteiger partial charge in [0, 0.05) is 30.2 Å². The Morgan fingerprint density at radius 3 is 2.78 bits per heavy atom. The Kier molecular flexibility index (Phi) is 5.18. The van der Waals surface area contributed by atoms with Gasteiger partial charge in [0.1, 0.15) is 17.3 Å². The van der Waals surface area contributed by atoms with Crippen molar-refractivity contribution in [3.63, 3.8) is 0 Å². The van der Waals surface area contributed by atoms with Gasteiger partial charge in [0.2, 0.25) is 5.91 Å². The number of methoxy groups -OCH3 is 1. The normalized spacial score (nSPS) is 19.4. The number of ketones is 1. The molecule has 0 saturated carbocycles. The van der Waals surface area contributed by atoms with Crippen molar-refractivity contribution in [2.45, 2.75) is 19.4 Å². The molecular weight excluding hydrogens is 374 g/mol. The van der Waals surface area contributed by atoms with Gasteiger partial charge in [-0.25, -0.2) is 4.79 Å². The van der Waals surface area contributed by atoms with Crippen molar-refractivity contribution in [1.82, 2.24) is 10.2 Å². The van der Waals surface area contributed by atoms with Gasteiger partial charge in [0.25, 0.3) is 5.91 Å². The molecule has 0 aromatic heterocycles. The van der Waals surface area contributed by atoms with Gasteiger partial charge in [0.05, 0.1) is 7.11 Å². The van der Waals surface area contributed by atoms with E-state index in [4.69, 9.17) is 11.6 Å². The molecule has 2 aliphatic heterocycles. The molecule has 1 aromatic carbocycles. The molecule has 2 N–H and O–H groups in total. The Hall–Kier alpha value is -2.87. The van der Waals surface area contributed by atoms with Crippen LogP contribution in [-0.2, 0) is 23.9 Å². The smallest absolute Gasteiger partial charge is 0.343 e. The summed E-state index contributed by atoms with van der Waals surface area (Å²) in [6.07, 6.45) is -0.230. The van der Waals surface area contributed by atoms with Crippen LogP contribution >= 0.6 is 11.6 Å². The summed E-state index contributed by atoms with van der Waals surface area (Å²) in [5, 5.41) is 5.81. The molecule has 1 aromatic rings. The van der Waals surface area contributed by atoms with Crippen molar-refractivity contribution < 1.29 is 23.9 Å². The van der Waals surface area contributed by atoms with E-state index in [1.165, 1.54) is 4.90 Å². The zero-order valence-electron chi connectivity index (χ0n) is 14.8. The largest absolute Gasteiger partial charge is 0.465 e. The molecule has 3 rings (SSSR count). The first-order chi connectivity index (χ1) is 12.8. The summed E-state index contributed by atoms with van der Waals surface area (Å²) in [5.41, 5.74) is 0.882. The zero-order chi connectivity index (χ0) is 19.7. The maximum atomic E-state index is 12.9. The number of carbonyl (C=O) groups excluding carboxylic acids is 4. The van der Waals surface area contributed by atoms with Gasteiger partial charge >= 0.3 is 5.97 Å². The summed E-state index contributed by atoms with van der Waals surface area (Å²) in [4.78, 5) is 51.2. The Balaban J connectivity index is 1.95. The number of piperazine rings is 1. The summed E-state index contributed by atoms with van der Waals surface area (Å²) >= 11 is 5.98. The molecule has 2 amide bonds. The van der Waals surface area contributed by atoms with Crippen molar-refractivity contribution in [1.29, 1.82) is 0 Å². The van der Waals surface area contributed by atoms with E-state index in [2.05, 4.69) is 15.4 Å². The van der Waals surface area contributed by atoms with Gasteiger partial charge in [0.15, 0.2) is 5.78 Å². The minimum Gasteiger partial charge on any atom is -0.465 e. The second-order valence-corrected chi connectivity index (χ2v) is 6.69. The highest BCUT2D eigenvalue weighted by molar-refractivity contribution is 6.31. The van der Waals surface area contributed by atoms with Gasteiger partial charge in [-0.2, -0.15) is 0 Å². The van der Waals surface area contributed by atoms with E-state index in [9.17, 15) is 19.2 Å². The minimum atomic E-state index is -0.912. The van der Waals surface area contributed by atoms with E-state index in [1.807, 2.05) is 6.92 Å². The second kappa shape index (κ2) is 7.40. The number of hydrogen-bond donors (Lipinski definition) is 2. The number of Topliss-reactive ketones (excluding diaryl/α,β-unsaturated/α-hetero) is 1. The Bertz CT molecular complexity index is 880. The first kappa shape index (κ1) is 18.9. The number of rotatable bonds is 3. The summed E-state index contributed by atoms with van der Waals surface area (Å²) < 4.78 is 4.64. The molecule has 9 heteroatoms. The van der Waals surface area contributed by atoms with Crippen LogP contribution < -0.4 is 10.6 Å². The van der Waals surface area contributed by atoms with Crippen molar-refractivity contribution in [2.75, 3.05) is 25.5 Å². The van der Waals surface area contributed by atoms with Gasteiger partial charge in [-0.05, 0) is 24.6 Å². The number of aryl methyl sites for hydroxylation is 1. The number of carbonyl (C=O) groups is 4. The van der Waals surface area contributed by atoms with E-state index < -0.39 is 29.6 Å². The third-order valence-electron chi connectivity index (χ3n) is 4.56. The molecule has 0 bridgehead atoms. The van der Waals surface area contributed by atoms with Crippen molar-refractivity contribution in [3.8, 4) is 0 Å². The molecule has 27 heavy (non-hydrogen) atoms. The first-order valence-corrected chi connectivity index (χ1v) is 8.69. The molecule has 2 aliphatic rings. The lowest BCUT2D eigenvalue weighted by molar-refractivity contribution is -0.141. The number of esters is 1. The predicted molar refractivity (Wildman–Crippen MR) is 97.0 cm³/mol. The second-order valence-electron chi connectivity index (χ2n) is 6.26. The summed E-state index contributed by atoms with van der Waals surface area (Å²) in [7, 11) is 1.13. The van der Waals surface area contributed by atoms with Crippen molar-refractivity contribution in [2.24, 2.45) is 0 Å². The zero-order valence-corrected chi connectivity index (χ0v) is 15.6. The third kappa shape index (κ3) is 3.52. The molecule has 1 atom stereocenters. The molecule has 0 aliphatic carbocycles. The molecule has 1 fully saturated rings. The number of benzene rings is 1. The van der Waals surface area contributed by atoms with E-state index >= 15 is 0 Å². The van der Waals surface area contributed by atoms with Crippen LogP contribution in [0, 0.1) is 6.92 Å². The van der Waals surface area contributed by atoms with Crippen LogP contribution in [0.5, 0.6) is 0 Å². The number of anilines is 1. The Morgan fingerprint density at radius 2 is 2.07 bits per heavy atom. The van der Waals surface area contributed by atoms with Crippen LogP contribution in [0.25, 0.3) is 0 Å². The van der Waals surface area contributed by atoms with Crippen LogP contribution in [-0.4, -0.2) is 54.7 Å². The number of halogens is 1. The number of amides is 2. The molecule has 142 valence electrons. The fraction of sp³-hybridized carbons (Fsp3) is 0.333. The van der Waals surface area contributed by atoms with Gasteiger partial charge < -0.3 is 20.3 Å². The molecule has 1 saturated heterocycles. The number of nitrogens with one attached hydrogen (secondary N) is 2. The SMILES string of the molecule is COC(=O)C1=C2C(=O)NCCN2C(C(=O)Nc2cc(Cl)ccc2C)CC1=O. The molecule has 8 nitrogen and oxygen atoms in total. The lowest BCUT2D eigenvalue weighted by Gasteiger charge is -2.40. The quantitative estimate of drug-likeness (QED) is 0.583. The lowest BCUT2D eigenvalue weighted by Crippen LogP contribution is -2.57. The van der Waals surface area contributed by atoms with Crippen LogP contribution in [0.2, 0.25) is 5.02 Å². The lowest BCUT2D eigenvalue weighted by atomic mass is 9.92. The Labute approximate surface area is 160 Å². The molecule has 0 radical (unpaired) electrons. The molecule has 1 unspecified atom stereocenters. The summed E-state index contributed by atoms with van der Waals surface area (Å²) in [5.74, 6) is -2.52. The molecular formula is C18H18ClN3O5. The van der Waals surface area contributed by atoms with Crippen LogP contribution in [0.3, 0.4) is 0 Å². The summed E-state index contributed by atoms with van der Waals surface area (Å²) in [6.45, 7) is 2.40. The topological polar surface area (TPSA) is 105 Å². The average Bonchev–Trinajstić information content (AvgIpc) is 2.64. The monoisotopic (exact) mass is 391 g/mol. The van der Waals surface area contributed by atoms with E-state index in [0.717, 1.165) is 12.7 Å². The van der Waals surface area contributed by atoms with Gasteiger partial charge in [-0.15, -0.1) is 0 Å². The third-order valence-corrected chi connectivity index (χ3v) is 4.80. The number of fused-ring (bicyclic) bond motifs is 1. The van der Waals surface area contributed by atoms with Gasteiger partial charge in [-0.1, -0.05) is 17.7 Å². The first-order valence-electron chi connectivity index (χ1n) is 8.31. The molecule has 0 spiro atoms. The fourth-order valence-corrected chi connectivity index (χ4v) is 3.37. The number of nitrogens with zero attached hydrogens (tertiary/aromatic N) is 1. The van der Waals surface area contributed by atoms with Crippen LogP contribution in [0.15, 0.2) is 29.5 Å². The average molecular weight is 392 g/mol. The van der Waals surface area contributed by atoms with Crippen molar-refractivity contribution >= 4 is 40.9 Å². The van der Waals surface area contributed by atoms with E-state index in [1.54, 1.807) is 18.2 Å². The maximum Gasteiger partial charge on any atom is 0.343 e. The van der Waals surface area contributed by atoms with Crippen LogP contribution in [0.1, 0.15) is 12.0 Å². The van der Waals surface area contributed by atoms with Gasteiger partial charge in [-0.3, -0.25) is 14.4 Å². The maximum absolute atomic E-state index is 12.9. The predicted octanol–water partition coefficient (Wildman–Crippen LogP) is 0.787. The standard InChI is InChI=1S/C18H18ClN3O5/c1-9-3-4-10(19)7-11(9)21-16(24)12-8-13(23)14(18(26)27-2)15-17(25)20-5-6-22(12)15/h3-4,7,12H,5-6,8H2,1-2H3,(H,20,25)(H,21,24). The highest BCUT2D eigenvalue weighted by atomic mass is 35.5. The summed E-state index contributed by atoms with van der Waals surface area (Å²) in [6, 6.07) is 4.16. The minimum absolute atomic E-state index is 0.118. The van der Waals surface area contributed by atoms with E-state index in [-0.39, 0.29) is 17.7 Å². The Morgan fingerprint density at radius 1 is 1.33 bits per heavy atom. The van der Waals surface area contributed by atoms with Crippen molar-refractivity contribution in [3.05, 3.63) is 40.1 Å². The highest BCUT2D eigenvalue weighted by Gasteiger charge is 2.44. The van der Waals surface area contributed by atoms with E-state index in [0.29, 0.717) is 23.8 Å². The number of ether oxygens (including phenoxy) is 1. The fourth-order valence-electron chi connectivity index (χ4n) is 3.20. The molecule has 2 heterocycles.